The molecule has 0 aliphatic rings. The SMILES string of the molecule is CCc1cnc(-c2cc3cccc(N(C(C)C)S(=O)(=O)c4cccs4)c3[nH]2)s1. The van der Waals surface area contributed by atoms with E-state index < -0.39 is 10.0 Å². The quantitative estimate of drug-likeness (QED) is 0.437. The summed E-state index contributed by atoms with van der Waals surface area (Å²) in [7, 11) is -3.64. The van der Waals surface area contributed by atoms with Crippen LogP contribution in [-0.2, 0) is 16.4 Å². The molecule has 5 nitrogen and oxygen atoms in total. The first-order valence-corrected chi connectivity index (χ1v) is 12.2. The number of H-pyrrole nitrogens is 1. The summed E-state index contributed by atoms with van der Waals surface area (Å²) in [5, 5.41) is 3.66. The Kier molecular flexibility index (Phi) is 5.03. The molecule has 0 unspecified atom stereocenters. The molecule has 0 fully saturated rings. The number of thiazole rings is 1. The molecule has 146 valence electrons. The number of sulfonamides is 1. The maximum Gasteiger partial charge on any atom is 0.274 e. The lowest BCUT2D eigenvalue weighted by Gasteiger charge is -2.28. The number of hydrogen-bond acceptors (Lipinski definition) is 5. The molecule has 0 aliphatic heterocycles. The van der Waals surface area contributed by atoms with Crippen LogP contribution in [0.2, 0.25) is 0 Å². The third-order valence-electron chi connectivity index (χ3n) is 4.48. The van der Waals surface area contributed by atoms with Crippen LogP contribution in [0.15, 0.2) is 52.2 Å². The van der Waals surface area contributed by atoms with Gasteiger partial charge in [0.05, 0.1) is 16.9 Å². The Morgan fingerprint density at radius 1 is 1.21 bits per heavy atom. The van der Waals surface area contributed by atoms with Crippen LogP contribution >= 0.6 is 22.7 Å². The highest BCUT2D eigenvalue weighted by atomic mass is 32.2. The number of hydrogen-bond donors (Lipinski definition) is 1. The maximum atomic E-state index is 13.3. The Labute approximate surface area is 172 Å². The molecular formula is C20H21N3O2S3. The van der Waals surface area contributed by atoms with Crippen molar-refractivity contribution in [1.82, 2.24) is 9.97 Å². The van der Waals surface area contributed by atoms with Crippen LogP contribution < -0.4 is 4.31 Å². The minimum absolute atomic E-state index is 0.226. The molecular weight excluding hydrogens is 410 g/mol. The lowest BCUT2D eigenvalue weighted by molar-refractivity contribution is 0.586. The third kappa shape index (κ3) is 3.25. The zero-order valence-corrected chi connectivity index (χ0v) is 18.3. The first-order chi connectivity index (χ1) is 13.4. The van der Waals surface area contributed by atoms with Crippen LogP contribution in [-0.4, -0.2) is 24.4 Å². The first-order valence-electron chi connectivity index (χ1n) is 9.06. The Balaban J connectivity index is 1.87. The predicted molar refractivity (Wildman–Crippen MR) is 118 cm³/mol. The van der Waals surface area contributed by atoms with E-state index in [2.05, 4.69) is 16.9 Å². The molecule has 0 saturated heterocycles. The minimum atomic E-state index is -3.64. The number of aryl methyl sites for hydroxylation is 1. The van der Waals surface area contributed by atoms with Crippen molar-refractivity contribution >= 4 is 49.3 Å². The largest absolute Gasteiger partial charge is 0.351 e. The molecule has 0 radical (unpaired) electrons. The lowest BCUT2D eigenvalue weighted by atomic mass is 10.2. The van der Waals surface area contributed by atoms with E-state index in [-0.39, 0.29) is 6.04 Å². The van der Waals surface area contributed by atoms with E-state index in [1.54, 1.807) is 28.8 Å². The van der Waals surface area contributed by atoms with Gasteiger partial charge >= 0.3 is 0 Å². The molecule has 1 N–H and O–H groups in total. The molecule has 3 aromatic heterocycles. The molecule has 0 amide bonds. The summed E-state index contributed by atoms with van der Waals surface area (Å²) in [6.45, 7) is 5.89. The highest BCUT2D eigenvalue weighted by Crippen LogP contribution is 2.36. The third-order valence-corrected chi connectivity index (χ3v) is 9.02. The van der Waals surface area contributed by atoms with Gasteiger partial charge in [-0.2, -0.15) is 0 Å². The van der Waals surface area contributed by atoms with Crippen LogP contribution in [0.3, 0.4) is 0 Å². The van der Waals surface area contributed by atoms with Crippen molar-refractivity contribution in [2.75, 3.05) is 4.31 Å². The zero-order chi connectivity index (χ0) is 19.9. The zero-order valence-electron chi connectivity index (χ0n) is 15.8. The molecule has 3 heterocycles. The fourth-order valence-electron chi connectivity index (χ4n) is 3.23. The minimum Gasteiger partial charge on any atom is -0.351 e. The van der Waals surface area contributed by atoms with Crippen molar-refractivity contribution in [1.29, 1.82) is 0 Å². The molecule has 4 rings (SSSR count). The Morgan fingerprint density at radius 2 is 2.04 bits per heavy atom. The molecule has 0 spiro atoms. The highest BCUT2D eigenvalue weighted by molar-refractivity contribution is 7.94. The van der Waals surface area contributed by atoms with E-state index in [9.17, 15) is 8.42 Å². The van der Waals surface area contributed by atoms with E-state index in [0.717, 1.165) is 28.0 Å². The van der Waals surface area contributed by atoms with Gasteiger partial charge in [0.2, 0.25) is 0 Å². The van der Waals surface area contributed by atoms with Gasteiger partial charge in [0, 0.05) is 22.5 Å². The van der Waals surface area contributed by atoms with Gasteiger partial charge in [0.25, 0.3) is 10.0 Å². The van der Waals surface area contributed by atoms with Crippen molar-refractivity contribution < 1.29 is 8.42 Å². The molecule has 0 bridgehead atoms. The number of thiophene rings is 1. The molecule has 28 heavy (non-hydrogen) atoms. The van der Waals surface area contributed by atoms with Gasteiger partial charge in [0.15, 0.2) is 0 Å². The van der Waals surface area contributed by atoms with Gasteiger partial charge in [-0.05, 0) is 43.8 Å². The Hall–Kier alpha value is -2.16. The second-order valence-electron chi connectivity index (χ2n) is 6.74. The second-order valence-corrected chi connectivity index (χ2v) is 10.8. The normalized spacial score (nSPS) is 12.1. The van der Waals surface area contributed by atoms with Crippen molar-refractivity contribution in [3.05, 3.63) is 52.9 Å². The van der Waals surface area contributed by atoms with Crippen LogP contribution in [0.4, 0.5) is 5.69 Å². The molecule has 0 atom stereocenters. The van der Waals surface area contributed by atoms with Crippen LogP contribution in [0.1, 0.15) is 25.6 Å². The summed E-state index contributed by atoms with van der Waals surface area (Å²) in [6.07, 6.45) is 2.84. The number of rotatable bonds is 6. The number of fused-ring (bicyclic) bond motifs is 1. The van der Waals surface area contributed by atoms with Crippen molar-refractivity contribution in [2.45, 2.75) is 37.4 Å². The first kappa shape index (κ1) is 19.2. The van der Waals surface area contributed by atoms with Crippen molar-refractivity contribution in [2.24, 2.45) is 0 Å². The average molecular weight is 432 g/mol. The summed E-state index contributed by atoms with van der Waals surface area (Å²) < 4.78 is 28.5. The summed E-state index contributed by atoms with van der Waals surface area (Å²) in [5.74, 6) is 0. The smallest absolute Gasteiger partial charge is 0.274 e. The van der Waals surface area contributed by atoms with Gasteiger partial charge in [0.1, 0.15) is 9.22 Å². The lowest BCUT2D eigenvalue weighted by Crippen LogP contribution is -2.36. The van der Waals surface area contributed by atoms with Crippen molar-refractivity contribution in [3.63, 3.8) is 0 Å². The summed E-state index contributed by atoms with van der Waals surface area (Å²) in [4.78, 5) is 9.14. The summed E-state index contributed by atoms with van der Waals surface area (Å²) in [6, 6.07) is 11.0. The standard InChI is InChI=1S/C20H21N3O2S3/c1-4-15-12-21-20(27-15)16-11-14-7-5-8-17(19(14)22-16)23(13(2)3)28(24,25)18-9-6-10-26-18/h5-13,22H,4H2,1-3H3. The number of aromatic nitrogens is 2. The van der Waals surface area contributed by atoms with Gasteiger partial charge in [-0.3, -0.25) is 4.31 Å². The molecule has 0 saturated carbocycles. The fourth-order valence-corrected chi connectivity index (χ4v) is 6.80. The molecule has 1 aromatic carbocycles. The monoisotopic (exact) mass is 431 g/mol. The average Bonchev–Trinajstić information content (AvgIpc) is 3.40. The maximum absolute atomic E-state index is 13.3. The van der Waals surface area contributed by atoms with E-state index in [0.29, 0.717) is 9.90 Å². The van der Waals surface area contributed by atoms with E-state index >= 15 is 0 Å². The van der Waals surface area contributed by atoms with E-state index in [1.807, 2.05) is 44.3 Å². The number of anilines is 1. The Morgan fingerprint density at radius 3 is 2.68 bits per heavy atom. The summed E-state index contributed by atoms with van der Waals surface area (Å²) >= 11 is 2.89. The van der Waals surface area contributed by atoms with Crippen LogP contribution in [0, 0.1) is 0 Å². The fraction of sp³-hybridized carbons (Fsp3) is 0.250. The van der Waals surface area contributed by atoms with E-state index in [1.165, 1.54) is 20.5 Å². The number of benzene rings is 1. The number of nitrogens with zero attached hydrogens (tertiary/aromatic N) is 2. The van der Waals surface area contributed by atoms with Gasteiger partial charge in [-0.15, -0.1) is 22.7 Å². The molecule has 8 heteroatoms. The highest BCUT2D eigenvalue weighted by Gasteiger charge is 2.30. The van der Waals surface area contributed by atoms with Crippen LogP contribution in [0.25, 0.3) is 21.6 Å². The number of para-hydroxylation sites is 1. The van der Waals surface area contributed by atoms with Gasteiger partial charge in [-0.25, -0.2) is 13.4 Å². The predicted octanol–water partition coefficient (Wildman–Crippen LogP) is 5.52. The second kappa shape index (κ2) is 7.35. The number of aromatic amines is 1. The van der Waals surface area contributed by atoms with E-state index in [4.69, 9.17) is 0 Å². The molecule has 4 aromatic rings. The van der Waals surface area contributed by atoms with Gasteiger partial charge in [-0.1, -0.05) is 25.1 Å². The Bertz CT molecular complexity index is 1200. The topological polar surface area (TPSA) is 66.1 Å². The molecule has 0 aliphatic carbocycles. The van der Waals surface area contributed by atoms with Crippen molar-refractivity contribution in [3.8, 4) is 10.7 Å². The summed E-state index contributed by atoms with van der Waals surface area (Å²) in [5.41, 5.74) is 2.36. The van der Waals surface area contributed by atoms with Gasteiger partial charge < -0.3 is 4.98 Å². The van der Waals surface area contributed by atoms with Crippen LogP contribution in [0.5, 0.6) is 0 Å². The number of nitrogens with one attached hydrogen (secondary N) is 1.